The van der Waals surface area contributed by atoms with Crippen LogP contribution in [0.1, 0.15) is 18.1 Å². The van der Waals surface area contributed by atoms with Crippen LogP contribution < -0.4 is 0 Å². The first-order valence-corrected chi connectivity index (χ1v) is 5.94. The molecule has 1 N–H and O–H groups in total. The summed E-state index contributed by atoms with van der Waals surface area (Å²) in [5.74, 6) is 0. The molecule has 2 nitrogen and oxygen atoms in total. The molecule has 0 aliphatic rings. The predicted molar refractivity (Wildman–Crippen MR) is 68.4 cm³/mol. The van der Waals surface area contributed by atoms with Gasteiger partial charge < -0.3 is 9.52 Å². The van der Waals surface area contributed by atoms with Gasteiger partial charge in [-0.3, -0.25) is 0 Å². The third-order valence-corrected chi connectivity index (χ3v) is 3.43. The van der Waals surface area contributed by atoms with Gasteiger partial charge in [0, 0.05) is 22.0 Å². The van der Waals surface area contributed by atoms with Crippen molar-refractivity contribution in [1.82, 2.24) is 0 Å². The fourth-order valence-electron chi connectivity index (χ4n) is 1.72. The molecule has 0 aliphatic heterocycles. The van der Waals surface area contributed by atoms with E-state index in [1.165, 1.54) is 12.5 Å². The van der Waals surface area contributed by atoms with Crippen LogP contribution in [0.4, 0.5) is 0 Å². The van der Waals surface area contributed by atoms with E-state index in [2.05, 4.69) is 0 Å². The lowest BCUT2D eigenvalue weighted by molar-refractivity contribution is 0.0570. The molecule has 0 fully saturated rings. The summed E-state index contributed by atoms with van der Waals surface area (Å²) in [7, 11) is 0. The summed E-state index contributed by atoms with van der Waals surface area (Å²) in [4.78, 5) is 0. The molecular weight excluding hydrogens is 259 g/mol. The van der Waals surface area contributed by atoms with Gasteiger partial charge in [-0.1, -0.05) is 29.3 Å². The van der Waals surface area contributed by atoms with E-state index in [9.17, 15) is 5.11 Å². The van der Waals surface area contributed by atoms with Crippen LogP contribution in [0.15, 0.2) is 41.2 Å². The topological polar surface area (TPSA) is 33.4 Å². The van der Waals surface area contributed by atoms with Gasteiger partial charge in [0.15, 0.2) is 0 Å². The van der Waals surface area contributed by atoms with Crippen molar-refractivity contribution in [2.45, 2.75) is 18.9 Å². The minimum absolute atomic E-state index is 0.338. The lowest BCUT2D eigenvalue weighted by atomic mass is 9.91. The standard InChI is InChI=1S/C13H12Cl2O2/c1-13(16,9-5-6-17-8-9)7-10-11(14)3-2-4-12(10)15/h2-6,8,16H,7H2,1H3. The van der Waals surface area contributed by atoms with E-state index in [1.807, 2.05) is 0 Å². The van der Waals surface area contributed by atoms with Crippen molar-refractivity contribution in [3.05, 3.63) is 58.0 Å². The Hall–Kier alpha value is -0.960. The smallest absolute Gasteiger partial charge is 0.0963 e. The maximum Gasteiger partial charge on any atom is 0.0963 e. The Morgan fingerprint density at radius 3 is 2.41 bits per heavy atom. The van der Waals surface area contributed by atoms with Crippen LogP contribution in [-0.4, -0.2) is 5.11 Å². The Morgan fingerprint density at radius 1 is 1.24 bits per heavy atom. The molecule has 90 valence electrons. The highest BCUT2D eigenvalue weighted by atomic mass is 35.5. The Kier molecular flexibility index (Phi) is 3.48. The van der Waals surface area contributed by atoms with E-state index in [1.54, 1.807) is 31.2 Å². The molecule has 0 saturated carbocycles. The van der Waals surface area contributed by atoms with Crippen LogP contribution in [0.25, 0.3) is 0 Å². The molecule has 1 atom stereocenters. The Labute approximate surface area is 110 Å². The van der Waals surface area contributed by atoms with Crippen LogP contribution in [0.5, 0.6) is 0 Å². The minimum Gasteiger partial charge on any atom is -0.472 e. The summed E-state index contributed by atoms with van der Waals surface area (Å²) in [5, 5.41) is 11.5. The molecular formula is C13H12Cl2O2. The maximum absolute atomic E-state index is 10.4. The Morgan fingerprint density at radius 2 is 1.88 bits per heavy atom. The van der Waals surface area contributed by atoms with Crippen LogP contribution in [0.2, 0.25) is 10.0 Å². The van der Waals surface area contributed by atoms with E-state index in [-0.39, 0.29) is 0 Å². The summed E-state index contributed by atoms with van der Waals surface area (Å²) < 4.78 is 4.97. The average Bonchev–Trinajstić information content (AvgIpc) is 2.77. The first kappa shape index (κ1) is 12.5. The number of hydrogen-bond acceptors (Lipinski definition) is 2. The number of aliphatic hydroxyl groups is 1. The van der Waals surface area contributed by atoms with Gasteiger partial charge in [-0.25, -0.2) is 0 Å². The summed E-state index contributed by atoms with van der Waals surface area (Å²) >= 11 is 12.2. The normalized spacial score (nSPS) is 14.6. The zero-order chi connectivity index (χ0) is 12.5. The molecule has 1 heterocycles. The molecule has 0 radical (unpaired) electrons. The summed E-state index contributed by atoms with van der Waals surface area (Å²) in [6.07, 6.45) is 3.38. The lowest BCUT2D eigenvalue weighted by Gasteiger charge is -2.23. The van der Waals surface area contributed by atoms with Crippen molar-refractivity contribution in [3.8, 4) is 0 Å². The summed E-state index contributed by atoms with van der Waals surface area (Å²) in [6.45, 7) is 1.71. The van der Waals surface area contributed by atoms with Crippen molar-refractivity contribution in [3.63, 3.8) is 0 Å². The molecule has 1 aromatic carbocycles. The van der Waals surface area contributed by atoms with Gasteiger partial charge in [0.05, 0.1) is 18.1 Å². The zero-order valence-electron chi connectivity index (χ0n) is 9.28. The highest BCUT2D eigenvalue weighted by Gasteiger charge is 2.26. The largest absolute Gasteiger partial charge is 0.472 e. The molecule has 0 amide bonds. The highest BCUT2D eigenvalue weighted by molar-refractivity contribution is 6.36. The van der Waals surface area contributed by atoms with E-state index >= 15 is 0 Å². The van der Waals surface area contributed by atoms with Gasteiger partial charge in [-0.15, -0.1) is 0 Å². The van der Waals surface area contributed by atoms with Crippen LogP contribution in [0.3, 0.4) is 0 Å². The first-order chi connectivity index (χ1) is 8.00. The third-order valence-electron chi connectivity index (χ3n) is 2.73. The first-order valence-electron chi connectivity index (χ1n) is 5.18. The fourth-order valence-corrected chi connectivity index (χ4v) is 2.25. The Balaban J connectivity index is 2.32. The van der Waals surface area contributed by atoms with E-state index in [0.717, 1.165) is 5.56 Å². The zero-order valence-corrected chi connectivity index (χ0v) is 10.8. The number of hydrogen-bond donors (Lipinski definition) is 1. The highest BCUT2D eigenvalue weighted by Crippen LogP contribution is 2.32. The molecule has 1 unspecified atom stereocenters. The lowest BCUT2D eigenvalue weighted by Crippen LogP contribution is -2.23. The van der Waals surface area contributed by atoms with Crippen molar-refractivity contribution in [1.29, 1.82) is 0 Å². The SMILES string of the molecule is CC(O)(Cc1c(Cl)cccc1Cl)c1ccoc1. The maximum atomic E-state index is 10.4. The van der Waals surface area contributed by atoms with Crippen molar-refractivity contribution < 1.29 is 9.52 Å². The molecule has 2 rings (SSSR count). The molecule has 0 bridgehead atoms. The third kappa shape index (κ3) is 2.65. The predicted octanol–water partition coefficient (Wildman–Crippen LogP) is 4.04. The van der Waals surface area contributed by atoms with Crippen molar-refractivity contribution in [2.75, 3.05) is 0 Å². The summed E-state index contributed by atoms with van der Waals surface area (Å²) in [6, 6.07) is 7.02. The minimum atomic E-state index is -1.05. The van der Waals surface area contributed by atoms with E-state index in [0.29, 0.717) is 22.0 Å². The van der Waals surface area contributed by atoms with Gasteiger partial charge in [0.2, 0.25) is 0 Å². The van der Waals surface area contributed by atoms with Crippen molar-refractivity contribution in [2.24, 2.45) is 0 Å². The molecule has 4 heteroatoms. The van der Waals surface area contributed by atoms with Crippen LogP contribution in [0, 0.1) is 0 Å². The monoisotopic (exact) mass is 270 g/mol. The van der Waals surface area contributed by atoms with Crippen LogP contribution >= 0.6 is 23.2 Å². The van der Waals surface area contributed by atoms with Gasteiger partial charge in [-0.2, -0.15) is 0 Å². The Bertz CT molecular complexity index is 484. The second-order valence-electron chi connectivity index (χ2n) is 4.16. The van der Waals surface area contributed by atoms with Crippen LogP contribution in [-0.2, 0) is 12.0 Å². The number of furan rings is 1. The van der Waals surface area contributed by atoms with Gasteiger partial charge in [0.25, 0.3) is 0 Å². The van der Waals surface area contributed by atoms with Gasteiger partial charge >= 0.3 is 0 Å². The van der Waals surface area contributed by atoms with Crippen molar-refractivity contribution >= 4 is 23.2 Å². The number of benzene rings is 1. The second kappa shape index (κ2) is 4.73. The fraction of sp³-hybridized carbons (Fsp3) is 0.231. The number of rotatable bonds is 3. The quantitative estimate of drug-likeness (QED) is 0.914. The molecule has 0 saturated heterocycles. The molecule has 2 aromatic rings. The summed E-state index contributed by atoms with van der Waals surface area (Å²) in [5.41, 5.74) is 0.386. The number of halogens is 2. The molecule has 17 heavy (non-hydrogen) atoms. The second-order valence-corrected chi connectivity index (χ2v) is 4.98. The molecule has 0 spiro atoms. The van der Waals surface area contributed by atoms with E-state index < -0.39 is 5.60 Å². The van der Waals surface area contributed by atoms with Gasteiger partial charge in [-0.05, 0) is 30.7 Å². The van der Waals surface area contributed by atoms with E-state index in [4.69, 9.17) is 27.6 Å². The molecule has 1 aromatic heterocycles. The van der Waals surface area contributed by atoms with Gasteiger partial charge in [0.1, 0.15) is 0 Å². The molecule has 0 aliphatic carbocycles. The average molecular weight is 271 g/mol.